The van der Waals surface area contributed by atoms with Crippen LogP contribution in [0.3, 0.4) is 0 Å². The Balaban J connectivity index is 1.15. The van der Waals surface area contributed by atoms with Crippen LogP contribution in [0.4, 0.5) is 0 Å². The Morgan fingerprint density at radius 3 is 1.68 bits per heavy atom. The second-order valence-corrected chi connectivity index (χ2v) is 14.9. The van der Waals surface area contributed by atoms with E-state index in [-0.39, 0.29) is 0 Å². The van der Waals surface area contributed by atoms with Crippen molar-refractivity contribution in [2.45, 2.75) is 0 Å². The number of fused-ring (bicyclic) bond motifs is 7. The Kier molecular flexibility index (Phi) is 7.60. The number of hydrogen-bond donors (Lipinski definition) is 0. The molecule has 4 aromatic heterocycles. The molecule has 7 aromatic carbocycles. The number of thiophene rings is 1. The standard InChI is InChI=1S/C50H31N5S/c1-5-15-32(16-6-1)36-29-42(50-53-48(33-17-7-2-8-18-33)52-49(54-50)34-19-9-3-10-20-34)45(51-31-36)35-25-26-39-41-28-27-40-38-23-13-14-24-43(38)55(37-21-11-4-12-22-37)46(40)47(41)56-44(39)30-35/h1-31H. The number of aromatic nitrogens is 5. The molecule has 0 saturated carbocycles. The molecule has 0 atom stereocenters. The van der Waals surface area contributed by atoms with E-state index in [0.29, 0.717) is 17.5 Å². The lowest BCUT2D eigenvalue weighted by Crippen LogP contribution is -2.02. The largest absolute Gasteiger partial charge is 0.308 e. The van der Waals surface area contributed by atoms with Gasteiger partial charge in [-0.05, 0) is 35.9 Å². The van der Waals surface area contributed by atoms with E-state index >= 15 is 0 Å². The highest BCUT2D eigenvalue weighted by molar-refractivity contribution is 7.26. The molecule has 0 spiro atoms. The van der Waals surface area contributed by atoms with Crippen LogP contribution in [0.5, 0.6) is 0 Å². The van der Waals surface area contributed by atoms with Gasteiger partial charge in [0.05, 0.1) is 21.4 Å². The highest BCUT2D eigenvalue weighted by Crippen LogP contribution is 2.44. The van der Waals surface area contributed by atoms with Crippen molar-refractivity contribution in [3.63, 3.8) is 0 Å². The van der Waals surface area contributed by atoms with Crippen molar-refractivity contribution in [1.82, 2.24) is 24.5 Å². The van der Waals surface area contributed by atoms with Gasteiger partial charge >= 0.3 is 0 Å². The molecule has 0 aliphatic carbocycles. The van der Waals surface area contributed by atoms with E-state index in [9.17, 15) is 0 Å². The van der Waals surface area contributed by atoms with Crippen LogP contribution < -0.4 is 0 Å². The van der Waals surface area contributed by atoms with E-state index < -0.39 is 0 Å². The van der Waals surface area contributed by atoms with E-state index in [1.54, 1.807) is 0 Å². The van der Waals surface area contributed by atoms with Crippen molar-refractivity contribution in [2.24, 2.45) is 0 Å². The Morgan fingerprint density at radius 1 is 0.411 bits per heavy atom. The molecule has 0 N–H and O–H groups in total. The van der Waals surface area contributed by atoms with E-state index in [2.05, 4.69) is 120 Å². The van der Waals surface area contributed by atoms with Crippen molar-refractivity contribution in [3.8, 4) is 62.2 Å². The lowest BCUT2D eigenvalue weighted by molar-refractivity contribution is 1.07. The van der Waals surface area contributed by atoms with Crippen molar-refractivity contribution in [2.75, 3.05) is 0 Å². The number of pyridine rings is 1. The molecule has 262 valence electrons. The van der Waals surface area contributed by atoms with Gasteiger partial charge in [0, 0.05) is 65.9 Å². The van der Waals surface area contributed by atoms with E-state index in [0.717, 1.165) is 44.8 Å². The summed E-state index contributed by atoms with van der Waals surface area (Å²) in [6, 6.07) is 63.4. The molecule has 0 saturated heterocycles. The predicted molar refractivity (Wildman–Crippen MR) is 232 cm³/mol. The van der Waals surface area contributed by atoms with Crippen LogP contribution in [0, 0.1) is 0 Å². The summed E-state index contributed by atoms with van der Waals surface area (Å²) in [7, 11) is 0. The molecule has 0 aliphatic rings. The highest BCUT2D eigenvalue weighted by Gasteiger charge is 2.21. The Hall–Kier alpha value is -7.28. The molecule has 6 heteroatoms. The summed E-state index contributed by atoms with van der Waals surface area (Å²) < 4.78 is 4.88. The molecule has 4 heterocycles. The molecule has 0 bridgehead atoms. The van der Waals surface area contributed by atoms with Gasteiger partial charge in [0.2, 0.25) is 0 Å². The minimum Gasteiger partial charge on any atom is -0.308 e. The molecule has 0 radical (unpaired) electrons. The van der Waals surface area contributed by atoms with Crippen LogP contribution >= 0.6 is 11.3 Å². The first-order chi connectivity index (χ1) is 27.8. The molecule has 11 aromatic rings. The molecule has 0 amide bonds. The highest BCUT2D eigenvalue weighted by atomic mass is 32.1. The first kappa shape index (κ1) is 32.2. The summed E-state index contributed by atoms with van der Waals surface area (Å²) in [5, 5.41) is 4.97. The van der Waals surface area contributed by atoms with Gasteiger partial charge in [-0.3, -0.25) is 4.98 Å². The molecule has 5 nitrogen and oxygen atoms in total. The van der Waals surface area contributed by atoms with Gasteiger partial charge in [-0.15, -0.1) is 11.3 Å². The summed E-state index contributed by atoms with van der Waals surface area (Å²) >= 11 is 1.84. The Labute approximate surface area is 326 Å². The molecular formula is C50H31N5S. The molecule has 0 aliphatic heterocycles. The second kappa shape index (κ2) is 13.2. The zero-order valence-electron chi connectivity index (χ0n) is 30.0. The third-order valence-electron chi connectivity index (χ3n) is 10.5. The average molecular weight is 734 g/mol. The topological polar surface area (TPSA) is 56.5 Å². The monoisotopic (exact) mass is 733 g/mol. The van der Waals surface area contributed by atoms with Crippen molar-refractivity contribution in [1.29, 1.82) is 0 Å². The van der Waals surface area contributed by atoms with Gasteiger partial charge in [0.15, 0.2) is 17.5 Å². The molecule has 11 rings (SSSR count). The summed E-state index contributed by atoms with van der Waals surface area (Å²) in [5.74, 6) is 1.80. The average Bonchev–Trinajstić information content (AvgIpc) is 3.83. The van der Waals surface area contributed by atoms with Gasteiger partial charge < -0.3 is 4.57 Å². The van der Waals surface area contributed by atoms with Gasteiger partial charge in [-0.25, -0.2) is 15.0 Å². The number of nitrogens with zero attached hydrogens (tertiary/aromatic N) is 5. The fourth-order valence-electron chi connectivity index (χ4n) is 7.86. The minimum atomic E-state index is 0.573. The molecular weight excluding hydrogens is 703 g/mol. The van der Waals surface area contributed by atoms with Gasteiger partial charge in [0.25, 0.3) is 0 Å². The second-order valence-electron chi connectivity index (χ2n) is 13.9. The maximum atomic E-state index is 5.20. The van der Waals surface area contributed by atoms with E-state index in [1.807, 2.05) is 84.3 Å². The van der Waals surface area contributed by atoms with Crippen LogP contribution in [0.2, 0.25) is 0 Å². The number of para-hydroxylation sites is 2. The maximum Gasteiger partial charge on any atom is 0.166 e. The SMILES string of the molecule is c1ccc(-c2cnc(-c3ccc4c(c3)sc3c4ccc4c5ccccc5n(-c5ccccc5)c43)c(-c3nc(-c4ccccc4)nc(-c4ccccc4)n3)c2)cc1. The quantitative estimate of drug-likeness (QED) is 0.171. The first-order valence-corrected chi connectivity index (χ1v) is 19.5. The third kappa shape index (κ3) is 5.38. The van der Waals surface area contributed by atoms with Crippen LogP contribution in [0.15, 0.2) is 188 Å². The van der Waals surface area contributed by atoms with Crippen molar-refractivity contribution in [3.05, 3.63) is 188 Å². The summed E-state index contributed by atoms with van der Waals surface area (Å²) in [6.07, 6.45) is 1.96. The number of rotatable bonds is 6. The minimum absolute atomic E-state index is 0.573. The van der Waals surface area contributed by atoms with Gasteiger partial charge in [0.1, 0.15) is 0 Å². The molecule has 0 fully saturated rings. The van der Waals surface area contributed by atoms with Gasteiger partial charge in [-0.1, -0.05) is 152 Å². The Bertz CT molecular complexity index is 3170. The first-order valence-electron chi connectivity index (χ1n) is 18.6. The zero-order valence-corrected chi connectivity index (χ0v) is 30.9. The molecule has 56 heavy (non-hydrogen) atoms. The number of hydrogen-bond acceptors (Lipinski definition) is 5. The fourth-order valence-corrected chi connectivity index (χ4v) is 9.14. The van der Waals surface area contributed by atoms with Crippen LogP contribution in [-0.4, -0.2) is 24.5 Å². The Morgan fingerprint density at radius 2 is 0.982 bits per heavy atom. The summed E-state index contributed by atoms with van der Waals surface area (Å²) in [6.45, 7) is 0. The number of benzene rings is 7. The van der Waals surface area contributed by atoms with Crippen LogP contribution in [-0.2, 0) is 0 Å². The summed E-state index contributed by atoms with van der Waals surface area (Å²) in [4.78, 5) is 20.5. The van der Waals surface area contributed by atoms with Gasteiger partial charge in [-0.2, -0.15) is 0 Å². The van der Waals surface area contributed by atoms with Crippen LogP contribution in [0.25, 0.3) is 104 Å². The van der Waals surface area contributed by atoms with Crippen molar-refractivity contribution < 1.29 is 0 Å². The summed E-state index contributed by atoms with van der Waals surface area (Å²) in [5.41, 5.74) is 10.2. The fraction of sp³-hybridized carbons (Fsp3) is 0. The normalized spacial score (nSPS) is 11.6. The van der Waals surface area contributed by atoms with E-state index in [1.165, 1.54) is 42.0 Å². The zero-order chi connectivity index (χ0) is 37.0. The predicted octanol–water partition coefficient (Wildman–Crippen LogP) is 13.1. The van der Waals surface area contributed by atoms with E-state index in [4.69, 9.17) is 19.9 Å². The van der Waals surface area contributed by atoms with Crippen molar-refractivity contribution >= 4 is 53.3 Å². The maximum absolute atomic E-state index is 5.20. The smallest absolute Gasteiger partial charge is 0.166 e. The molecule has 0 unspecified atom stereocenters. The van der Waals surface area contributed by atoms with Crippen LogP contribution in [0.1, 0.15) is 0 Å². The third-order valence-corrected chi connectivity index (χ3v) is 11.7. The lowest BCUT2D eigenvalue weighted by Gasteiger charge is -2.13. The lowest BCUT2D eigenvalue weighted by atomic mass is 9.99.